The van der Waals surface area contributed by atoms with Crippen molar-refractivity contribution in [3.63, 3.8) is 0 Å². The molecule has 5 heteroatoms. The van der Waals surface area contributed by atoms with Gasteiger partial charge in [-0.05, 0) is 54.1 Å². The number of fused-ring (bicyclic) bond motifs is 2. The first-order chi connectivity index (χ1) is 12.1. The highest BCUT2D eigenvalue weighted by Gasteiger charge is 2.30. The second-order valence-electron chi connectivity index (χ2n) is 6.97. The van der Waals surface area contributed by atoms with Crippen LogP contribution in [0.15, 0.2) is 51.1 Å². The first kappa shape index (κ1) is 17.4. The molecule has 0 aliphatic carbocycles. The molecule has 2 aromatic rings. The maximum Gasteiger partial charge on any atom is 0.124 e. The SMILES string of the molecule is CSc1ccc2c(c1)C(N1CC[NH+](C)CC1)Cc1ccc(F)cc1S2. The number of likely N-dealkylation sites (N-methyl/N-ethyl adjacent to an activating group) is 1. The summed E-state index contributed by atoms with van der Waals surface area (Å²) in [4.78, 5) is 7.90. The van der Waals surface area contributed by atoms with E-state index in [1.54, 1.807) is 40.6 Å². The first-order valence-electron chi connectivity index (χ1n) is 8.83. The lowest BCUT2D eigenvalue weighted by Crippen LogP contribution is -3.12. The standard InChI is InChI=1S/C20H23FN2S2/c1-22-7-9-23(10-8-22)18-11-14-3-4-15(21)12-20(14)25-19-6-5-16(24-2)13-17(18)19/h3-6,12-13,18H,7-11H2,1-2H3/p+1. The average Bonchev–Trinajstić information content (AvgIpc) is 2.78. The molecular formula is C20H24FN2S2+. The molecule has 2 heterocycles. The molecule has 1 unspecified atom stereocenters. The summed E-state index contributed by atoms with van der Waals surface area (Å²) >= 11 is 3.52. The van der Waals surface area contributed by atoms with E-state index >= 15 is 0 Å². The Balaban J connectivity index is 1.77. The number of rotatable bonds is 2. The van der Waals surface area contributed by atoms with E-state index in [4.69, 9.17) is 0 Å². The van der Waals surface area contributed by atoms with Crippen molar-refractivity contribution in [2.75, 3.05) is 39.5 Å². The Hall–Kier alpha value is -1.01. The maximum atomic E-state index is 13.8. The summed E-state index contributed by atoms with van der Waals surface area (Å²) in [5, 5.41) is 0. The van der Waals surface area contributed by atoms with E-state index in [0.717, 1.165) is 24.4 Å². The van der Waals surface area contributed by atoms with Gasteiger partial charge in [0.05, 0.1) is 20.1 Å². The summed E-state index contributed by atoms with van der Waals surface area (Å²) < 4.78 is 13.8. The molecule has 4 rings (SSSR count). The maximum absolute atomic E-state index is 13.8. The Morgan fingerprint density at radius 3 is 2.68 bits per heavy atom. The Morgan fingerprint density at radius 1 is 1.12 bits per heavy atom. The zero-order valence-corrected chi connectivity index (χ0v) is 16.4. The highest BCUT2D eigenvalue weighted by atomic mass is 32.2. The molecule has 1 saturated heterocycles. The number of hydrogen-bond donors (Lipinski definition) is 1. The Morgan fingerprint density at radius 2 is 1.92 bits per heavy atom. The summed E-state index contributed by atoms with van der Waals surface area (Å²) in [5.41, 5.74) is 2.68. The molecule has 0 aromatic heterocycles. The fraction of sp³-hybridized carbons (Fsp3) is 0.400. The Bertz CT molecular complexity index is 772. The lowest BCUT2D eigenvalue weighted by Gasteiger charge is -2.36. The van der Waals surface area contributed by atoms with Gasteiger partial charge in [-0.25, -0.2) is 4.39 Å². The predicted octanol–water partition coefficient (Wildman–Crippen LogP) is 3.13. The highest BCUT2D eigenvalue weighted by Crippen LogP contribution is 2.44. The lowest BCUT2D eigenvalue weighted by atomic mass is 9.96. The van der Waals surface area contributed by atoms with E-state index in [1.807, 2.05) is 6.07 Å². The molecule has 25 heavy (non-hydrogen) atoms. The van der Waals surface area contributed by atoms with Crippen LogP contribution in [0.5, 0.6) is 0 Å². The minimum Gasteiger partial charge on any atom is -0.335 e. The number of hydrogen-bond acceptors (Lipinski definition) is 3. The molecule has 2 nitrogen and oxygen atoms in total. The van der Waals surface area contributed by atoms with Crippen molar-refractivity contribution >= 4 is 23.5 Å². The number of quaternary nitrogens is 1. The first-order valence-corrected chi connectivity index (χ1v) is 10.9. The van der Waals surface area contributed by atoms with E-state index < -0.39 is 0 Å². The number of thioether (sulfide) groups is 1. The van der Waals surface area contributed by atoms with Gasteiger partial charge in [0.2, 0.25) is 0 Å². The number of piperazine rings is 1. The van der Waals surface area contributed by atoms with Gasteiger partial charge in [-0.3, -0.25) is 4.90 Å². The largest absolute Gasteiger partial charge is 0.335 e. The number of benzene rings is 2. The van der Waals surface area contributed by atoms with Gasteiger partial charge in [-0.2, -0.15) is 0 Å². The molecule has 132 valence electrons. The van der Waals surface area contributed by atoms with Crippen molar-refractivity contribution < 1.29 is 9.29 Å². The minimum atomic E-state index is -0.143. The van der Waals surface area contributed by atoms with Crippen LogP contribution in [0.2, 0.25) is 0 Å². The van der Waals surface area contributed by atoms with Gasteiger partial charge in [-0.15, -0.1) is 11.8 Å². The third-order valence-corrected chi connectivity index (χ3v) is 7.25. The van der Waals surface area contributed by atoms with E-state index in [1.165, 1.54) is 34.0 Å². The van der Waals surface area contributed by atoms with Crippen LogP contribution < -0.4 is 4.90 Å². The summed E-state index contributed by atoms with van der Waals surface area (Å²) in [5.74, 6) is -0.143. The van der Waals surface area contributed by atoms with Gasteiger partial charge < -0.3 is 4.90 Å². The zero-order valence-electron chi connectivity index (χ0n) is 14.7. The van der Waals surface area contributed by atoms with Crippen LogP contribution in [0.1, 0.15) is 17.2 Å². The third kappa shape index (κ3) is 3.61. The molecule has 0 amide bonds. The monoisotopic (exact) mass is 375 g/mol. The lowest BCUT2D eigenvalue weighted by molar-refractivity contribution is -0.884. The van der Waals surface area contributed by atoms with E-state index in [-0.39, 0.29) is 5.82 Å². The van der Waals surface area contributed by atoms with Crippen LogP contribution in [0, 0.1) is 5.82 Å². The van der Waals surface area contributed by atoms with Gasteiger partial charge in [-0.1, -0.05) is 17.8 Å². The van der Waals surface area contributed by atoms with Crippen LogP contribution >= 0.6 is 23.5 Å². The van der Waals surface area contributed by atoms with Gasteiger partial charge >= 0.3 is 0 Å². The third-order valence-electron chi connectivity index (χ3n) is 5.33. The normalized spacial score (nSPS) is 21.5. The average molecular weight is 376 g/mol. The zero-order chi connectivity index (χ0) is 17.4. The van der Waals surface area contributed by atoms with Crippen LogP contribution in [0.3, 0.4) is 0 Å². The van der Waals surface area contributed by atoms with Crippen molar-refractivity contribution in [1.82, 2.24) is 4.90 Å². The van der Waals surface area contributed by atoms with Crippen LogP contribution in [0.4, 0.5) is 4.39 Å². The van der Waals surface area contributed by atoms with Crippen molar-refractivity contribution in [2.24, 2.45) is 0 Å². The van der Waals surface area contributed by atoms with E-state index in [9.17, 15) is 4.39 Å². The molecule has 0 spiro atoms. The van der Waals surface area contributed by atoms with Crippen molar-refractivity contribution in [3.8, 4) is 0 Å². The predicted molar refractivity (Wildman–Crippen MR) is 103 cm³/mol. The summed E-state index contributed by atoms with van der Waals surface area (Å²) in [6.07, 6.45) is 3.09. The summed E-state index contributed by atoms with van der Waals surface area (Å²) in [6.45, 7) is 4.64. The van der Waals surface area contributed by atoms with Crippen molar-refractivity contribution in [2.45, 2.75) is 27.1 Å². The molecule has 2 aliphatic heterocycles. The molecule has 2 aliphatic rings. The fourth-order valence-corrected chi connectivity index (χ4v) is 5.37. The molecular weight excluding hydrogens is 351 g/mol. The van der Waals surface area contributed by atoms with Crippen molar-refractivity contribution in [1.29, 1.82) is 0 Å². The van der Waals surface area contributed by atoms with Crippen LogP contribution in [-0.4, -0.2) is 44.4 Å². The Kier molecular flexibility index (Phi) is 5.09. The van der Waals surface area contributed by atoms with E-state index in [0.29, 0.717) is 6.04 Å². The highest BCUT2D eigenvalue weighted by molar-refractivity contribution is 7.99. The van der Waals surface area contributed by atoms with Gasteiger partial charge in [0.15, 0.2) is 0 Å². The molecule has 0 saturated carbocycles. The number of halogens is 1. The minimum absolute atomic E-state index is 0.143. The van der Waals surface area contributed by atoms with Gasteiger partial charge in [0.1, 0.15) is 5.82 Å². The van der Waals surface area contributed by atoms with Crippen LogP contribution in [0.25, 0.3) is 0 Å². The fourth-order valence-electron chi connectivity index (χ4n) is 3.78. The van der Waals surface area contributed by atoms with Crippen molar-refractivity contribution in [3.05, 3.63) is 53.3 Å². The summed E-state index contributed by atoms with van der Waals surface area (Å²) in [6, 6.07) is 12.4. The summed E-state index contributed by atoms with van der Waals surface area (Å²) in [7, 11) is 2.28. The quantitative estimate of drug-likeness (QED) is 0.807. The second-order valence-corrected chi connectivity index (χ2v) is 8.93. The molecule has 2 aromatic carbocycles. The molecule has 0 radical (unpaired) electrons. The smallest absolute Gasteiger partial charge is 0.124 e. The van der Waals surface area contributed by atoms with Gasteiger partial charge in [0, 0.05) is 33.8 Å². The number of nitrogens with zero attached hydrogens (tertiary/aromatic N) is 1. The van der Waals surface area contributed by atoms with Crippen LogP contribution in [-0.2, 0) is 6.42 Å². The second kappa shape index (κ2) is 7.31. The topological polar surface area (TPSA) is 7.68 Å². The number of nitrogens with one attached hydrogen (secondary N) is 1. The molecule has 0 bridgehead atoms. The molecule has 1 N–H and O–H groups in total. The Labute approximate surface area is 157 Å². The van der Waals surface area contributed by atoms with E-state index in [2.05, 4.69) is 36.4 Å². The van der Waals surface area contributed by atoms with Gasteiger partial charge in [0.25, 0.3) is 0 Å². The molecule has 1 fully saturated rings. The molecule has 1 atom stereocenters.